The molecule has 0 N–H and O–H groups in total. The smallest absolute Gasteiger partial charge is 0.254 e. The molecule has 0 aliphatic carbocycles. The maximum Gasteiger partial charge on any atom is 0.254 e. The summed E-state index contributed by atoms with van der Waals surface area (Å²) in [5, 5.41) is 4.11. The average Bonchev–Trinajstić information content (AvgIpc) is 3.25. The Morgan fingerprint density at radius 3 is 2.48 bits per heavy atom. The zero-order valence-corrected chi connectivity index (χ0v) is 18.6. The van der Waals surface area contributed by atoms with Crippen molar-refractivity contribution >= 4 is 5.91 Å². The molecule has 0 unspecified atom stereocenters. The van der Waals surface area contributed by atoms with E-state index >= 15 is 0 Å². The third-order valence-electron chi connectivity index (χ3n) is 6.14. The van der Waals surface area contributed by atoms with E-state index in [-0.39, 0.29) is 5.91 Å². The number of benzene rings is 2. The largest absolute Gasteiger partial charge is 0.339 e. The number of aryl methyl sites for hydroxylation is 3. The second kappa shape index (κ2) is 9.43. The second-order valence-electron chi connectivity index (χ2n) is 8.36. The molecule has 6 nitrogen and oxygen atoms in total. The highest BCUT2D eigenvalue weighted by molar-refractivity contribution is 5.96. The van der Waals surface area contributed by atoms with Crippen LogP contribution in [-0.2, 0) is 6.42 Å². The lowest BCUT2D eigenvalue weighted by Gasteiger charge is -2.35. The van der Waals surface area contributed by atoms with Crippen LogP contribution in [0.2, 0.25) is 0 Å². The van der Waals surface area contributed by atoms with Crippen LogP contribution in [0.15, 0.2) is 47.0 Å². The number of aromatic nitrogens is 2. The minimum absolute atomic E-state index is 0.148. The lowest BCUT2D eigenvalue weighted by molar-refractivity contribution is 0.0634. The van der Waals surface area contributed by atoms with Gasteiger partial charge >= 0.3 is 0 Å². The molecule has 162 valence electrons. The molecule has 1 saturated heterocycles. The Bertz CT molecular complexity index is 1030. The summed E-state index contributed by atoms with van der Waals surface area (Å²) in [6, 6.07) is 14.1. The Morgan fingerprint density at radius 1 is 1.00 bits per heavy atom. The van der Waals surface area contributed by atoms with Gasteiger partial charge in [0.25, 0.3) is 5.91 Å². The number of nitrogens with zero attached hydrogens (tertiary/aromatic N) is 4. The van der Waals surface area contributed by atoms with Crippen molar-refractivity contribution < 1.29 is 9.32 Å². The van der Waals surface area contributed by atoms with E-state index in [1.165, 1.54) is 5.56 Å². The SMILES string of the molecule is Cc1ccc(-c2noc(CCCN3CCN(C(=O)c4cccc(C)c4C)CC3)n2)cc1. The third kappa shape index (κ3) is 5.02. The van der Waals surface area contributed by atoms with E-state index in [1.807, 2.05) is 36.1 Å². The van der Waals surface area contributed by atoms with E-state index < -0.39 is 0 Å². The summed E-state index contributed by atoms with van der Waals surface area (Å²) in [6.45, 7) is 10.4. The molecule has 2 heterocycles. The van der Waals surface area contributed by atoms with E-state index in [4.69, 9.17) is 4.52 Å². The lowest BCUT2D eigenvalue weighted by Crippen LogP contribution is -2.49. The Balaban J connectivity index is 1.23. The summed E-state index contributed by atoms with van der Waals surface area (Å²) >= 11 is 0. The molecule has 31 heavy (non-hydrogen) atoms. The molecule has 4 rings (SSSR count). The number of piperazine rings is 1. The number of hydrogen-bond donors (Lipinski definition) is 0. The molecule has 1 aliphatic rings. The van der Waals surface area contributed by atoms with Gasteiger partial charge in [-0.3, -0.25) is 9.69 Å². The van der Waals surface area contributed by atoms with E-state index in [1.54, 1.807) is 0 Å². The zero-order chi connectivity index (χ0) is 21.8. The molecule has 0 atom stereocenters. The van der Waals surface area contributed by atoms with Crippen LogP contribution in [0.25, 0.3) is 11.4 Å². The highest BCUT2D eigenvalue weighted by Crippen LogP contribution is 2.18. The fourth-order valence-corrected chi connectivity index (χ4v) is 3.96. The van der Waals surface area contributed by atoms with Crippen LogP contribution in [0.3, 0.4) is 0 Å². The van der Waals surface area contributed by atoms with Gasteiger partial charge in [0.15, 0.2) is 0 Å². The van der Waals surface area contributed by atoms with Gasteiger partial charge in [-0.25, -0.2) is 0 Å². The number of rotatable bonds is 6. The van der Waals surface area contributed by atoms with Gasteiger partial charge in [0.05, 0.1) is 0 Å². The molecule has 2 aromatic carbocycles. The van der Waals surface area contributed by atoms with Crippen molar-refractivity contribution in [3.8, 4) is 11.4 Å². The van der Waals surface area contributed by atoms with E-state index in [0.29, 0.717) is 11.7 Å². The standard InChI is InChI=1S/C25H30N4O2/c1-18-9-11-21(12-10-18)24-26-23(31-27-24)8-5-13-28-14-16-29(17-15-28)25(30)22-7-4-6-19(2)20(22)3/h4,6-7,9-12H,5,8,13-17H2,1-3H3. The lowest BCUT2D eigenvalue weighted by atomic mass is 10.0. The van der Waals surface area contributed by atoms with Gasteiger partial charge < -0.3 is 9.42 Å². The molecule has 1 aliphatic heterocycles. The van der Waals surface area contributed by atoms with E-state index in [2.05, 4.69) is 47.1 Å². The predicted molar refractivity (Wildman–Crippen MR) is 121 cm³/mol. The van der Waals surface area contributed by atoms with Gasteiger partial charge in [0, 0.05) is 43.7 Å². The normalized spacial score (nSPS) is 14.7. The summed E-state index contributed by atoms with van der Waals surface area (Å²) in [4.78, 5) is 21.8. The first-order valence-electron chi connectivity index (χ1n) is 11.0. The molecular weight excluding hydrogens is 388 g/mol. The summed E-state index contributed by atoms with van der Waals surface area (Å²) in [5.74, 6) is 1.48. The molecular formula is C25H30N4O2. The van der Waals surface area contributed by atoms with Crippen molar-refractivity contribution in [1.29, 1.82) is 0 Å². The summed E-state index contributed by atoms with van der Waals surface area (Å²) < 4.78 is 5.42. The molecule has 3 aromatic rings. The zero-order valence-electron chi connectivity index (χ0n) is 18.6. The Morgan fingerprint density at radius 2 is 1.74 bits per heavy atom. The van der Waals surface area contributed by atoms with Gasteiger partial charge in [0.1, 0.15) is 0 Å². The highest BCUT2D eigenvalue weighted by atomic mass is 16.5. The topological polar surface area (TPSA) is 62.5 Å². The van der Waals surface area contributed by atoms with Crippen molar-refractivity contribution in [2.75, 3.05) is 32.7 Å². The third-order valence-corrected chi connectivity index (χ3v) is 6.14. The summed E-state index contributed by atoms with van der Waals surface area (Å²) in [7, 11) is 0. The van der Waals surface area contributed by atoms with Crippen LogP contribution in [0.1, 0.15) is 39.4 Å². The number of amides is 1. The molecule has 0 saturated carbocycles. The van der Waals surface area contributed by atoms with Gasteiger partial charge in [-0.1, -0.05) is 47.1 Å². The van der Waals surface area contributed by atoms with E-state index in [9.17, 15) is 4.79 Å². The van der Waals surface area contributed by atoms with Crippen molar-refractivity contribution in [2.24, 2.45) is 0 Å². The minimum atomic E-state index is 0.148. The molecule has 0 radical (unpaired) electrons. The first kappa shape index (κ1) is 21.2. The van der Waals surface area contributed by atoms with Crippen LogP contribution in [0.5, 0.6) is 0 Å². The van der Waals surface area contributed by atoms with Gasteiger partial charge in [-0.05, 0) is 50.9 Å². The average molecular weight is 419 g/mol. The van der Waals surface area contributed by atoms with Crippen LogP contribution >= 0.6 is 0 Å². The minimum Gasteiger partial charge on any atom is -0.339 e. The van der Waals surface area contributed by atoms with Crippen LogP contribution < -0.4 is 0 Å². The van der Waals surface area contributed by atoms with Crippen LogP contribution in [0, 0.1) is 20.8 Å². The van der Waals surface area contributed by atoms with Crippen molar-refractivity contribution in [1.82, 2.24) is 19.9 Å². The molecule has 0 bridgehead atoms. The first-order chi connectivity index (χ1) is 15.0. The van der Waals surface area contributed by atoms with E-state index in [0.717, 1.165) is 67.8 Å². The van der Waals surface area contributed by atoms with Gasteiger partial charge in [-0.2, -0.15) is 4.98 Å². The molecule has 1 fully saturated rings. The molecule has 0 spiro atoms. The predicted octanol–water partition coefficient (Wildman–Crippen LogP) is 4.05. The fraction of sp³-hybridized carbons (Fsp3) is 0.400. The molecule has 6 heteroatoms. The monoisotopic (exact) mass is 418 g/mol. The summed E-state index contributed by atoms with van der Waals surface area (Å²) in [6.07, 6.45) is 1.72. The number of hydrogen-bond acceptors (Lipinski definition) is 5. The number of carbonyl (C=O) groups excluding carboxylic acids is 1. The molecule has 1 aromatic heterocycles. The quantitative estimate of drug-likeness (QED) is 0.604. The number of carbonyl (C=O) groups is 1. The first-order valence-corrected chi connectivity index (χ1v) is 11.0. The van der Waals surface area contributed by atoms with Crippen molar-refractivity contribution in [2.45, 2.75) is 33.6 Å². The highest BCUT2D eigenvalue weighted by Gasteiger charge is 2.23. The van der Waals surface area contributed by atoms with Gasteiger partial charge in [0.2, 0.25) is 11.7 Å². The van der Waals surface area contributed by atoms with Crippen molar-refractivity contribution in [3.63, 3.8) is 0 Å². The van der Waals surface area contributed by atoms with Crippen molar-refractivity contribution in [3.05, 3.63) is 70.6 Å². The van der Waals surface area contributed by atoms with Crippen LogP contribution in [0.4, 0.5) is 0 Å². The maximum atomic E-state index is 12.9. The maximum absolute atomic E-state index is 12.9. The Labute approximate surface area is 183 Å². The Kier molecular flexibility index (Phi) is 6.47. The van der Waals surface area contributed by atoms with Gasteiger partial charge in [-0.15, -0.1) is 0 Å². The van der Waals surface area contributed by atoms with Crippen LogP contribution in [-0.4, -0.2) is 58.6 Å². The second-order valence-corrected chi connectivity index (χ2v) is 8.36. The summed E-state index contributed by atoms with van der Waals surface area (Å²) in [5.41, 5.74) is 5.26. The fourth-order valence-electron chi connectivity index (χ4n) is 3.96. The molecule has 1 amide bonds. The Hall–Kier alpha value is -2.99.